The average Bonchev–Trinajstić information content (AvgIpc) is 2.67. The van der Waals surface area contributed by atoms with Crippen LogP contribution in [0.25, 0.3) is 6.08 Å². The Morgan fingerprint density at radius 3 is 2.67 bits per heavy atom. The van der Waals surface area contributed by atoms with Crippen LogP contribution < -0.4 is 10.2 Å². The molecule has 0 spiro atoms. The monoisotopic (exact) mass is 400 g/mol. The van der Waals surface area contributed by atoms with Crippen molar-refractivity contribution >= 4 is 46.9 Å². The molecule has 6 heteroatoms. The van der Waals surface area contributed by atoms with Crippen LogP contribution in [0.5, 0.6) is 0 Å². The summed E-state index contributed by atoms with van der Waals surface area (Å²) in [7, 11) is 0. The molecule has 3 rings (SSSR count). The van der Waals surface area contributed by atoms with Gasteiger partial charge in [0.25, 0.3) is 5.91 Å². The van der Waals surface area contributed by atoms with E-state index in [1.54, 1.807) is 17.0 Å². The summed E-state index contributed by atoms with van der Waals surface area (Å²) in [5.41, 5.74) is 1.66. The summed E-state index contributed by atoms with van der Waals surface area (Å²) in [5, 5.41) is 3.53. The van der Waals surface area contributed by atoms with E-state index in [-0.39, 0.29) is 18.4 Å². The van der Waals surface area contributed by atoms with Crippen LogP contribution in [0.15, 0.2) is 58.3 Å². The van der Waals surface area contributed by atoms with Crippen molar-refractivity contribution in [2.45, 2.75) is 24.7 Å². The third-order valence-electron chi connectivity index (χ3n) is 4.15. The lowest BCUT2D eigenvalue weighted by molar-refractivity contribution is -0.122. The number of nitrogens with zero attached hydrogens (tertiary/aromatic N) is 1. The van der Waals surface area contributed by atoms with Crippen LogP contribution in [0.4, 0.5) is 5.69 Å². The van der Waals surface area contributed by atoms with E-state index in [2.05, 4.69) is 12.2 Å². The molecule has 0 radical (unpaired) electrons. The molecule has 0 saturated carbocycles. The number of benzene rings is 2. The molecule has 2 amide bonds. The van der Waals surface area contributed by atoms with Gasteiger partial charge in [-0.3, -0.25) is 14.5 Å². The molecule has 1 aliphatic rings. The number of fused-ring (bicyclic) bond motifs is 1. The topological polar surface area (TPSA) is 49.4 Å². The largest absolute Gasteiger partial charge is 0.355 e. The second kappa shape index (κ2) is 9.11. The predicted octanol–water partition coefficient (Wildman–Crippen LogP) is 4.74. The van der Waals surface area contributed by atoms with Gasteiger partial charge in [0.15, 0.2) is 0 Å². The predicted molar refractivity (Wildman–Crippen MR) is 112 cm³/mol. The summed E-state index contributed by atoms with van der Waals surface area (Å²) < 4.78 is 0. The first-order chi connectivity index (χ1) is 13.1. The molecule has 27 heavy (non-hydrogen) atoms. The van der Waals surface area contributed by atoms with Gasteiger partial charge in [0.2, 0.25) is 5.91 Å². The van der Waals surface area contributed by atoms with Crippen molar-refractivity contribution in [2.75, 3.05) is 18.0 Å². The van der Waals surface area contributed by atoms with Crippen molar-refractivity contribution in [2.24, 2.45) is 0 Å². The number of carbonyl (C=O) groups is 2. The highest BCUT2D eigenvalue weighted by molar-refractivity contribution is 8.04. The molecular weight excluding hydrogens is 380 g/mol. The van der Waals surface area contributed by atoms with Gasteiger partial charge in [-0.05, 0) is 42.3 Å². The molecule has 0 saturated heterocycles. The van der Waals surface area contributed by atoms with E-state index in [1.807, 2.05) is 42.5 Å². The Balaban J connectivity index is 1.86. The summed E-state index contributed by atoms with van der Waals surface area (Å²) >= 11 is 7.36. The van der Waals surface area contributed by atoms with Gasteiger partial charge >= 0.3 is 0 Å². The lowest BCUT2D eigenvalue weighted by Crippen LogP contribution is -2.42. The number of halogens is 1. The molecule has 4 nitrogen and oxygen atoms in total. The molecule has 0 bridgehead atoms. The second-order valence-electron chi connectivity index (χ2n) is 6.22. The van der Waals surface area contributed by atoms with Gasteiger partial charge in [-0.2, -0.15) is 0 Å². The van der Waals surface area contributed by atoms with E-state index in [4.69, 9.17) is 11.6 Å². The molecule has 0 unspecified atom stereocenters. The van der Waals surface area contributed by atoms with Crippen molar-refractivity contribution in [3.8, 4) is 0 Å². The first-order valence-electron chi connectivity index (χ1n) is 8.91. The summed E-state index contributed by atoms with van der Waals surface area (Å²) in [6.45, 7) is 2.71. The van der Waals surface area contributed by atoms with E-state index in [0.717, 1.165) is 29.0 Å². The van der Waals surface area contributed by atoms with Crippen LogP contribution in [0.2, 0.25) is 5.02 Å². The first-order valence-corrected chi connectivity index (χ1v) is 10.1. The Hall–Kier alpha value is -2.24. The zero-order chi connectivity index (χ0) is 19.2. The Morgan fingerprint density at radius 1 is 1.19 bits per heavy atom. The van der Waals surface area contributed by atoms with Gasteiger partial charge in [0.05, 0.1) is 10.6 Å². The molecule has 1 heterocycles. The number of rotatable bonds is 6. The van der Waals surface area contributed by atoms with Gasteiger partial charge in [-0.25, -0.2) is 0 Å². The zero-order valence-corrected chi connectivity index (χ0v) is 16.6. The number of hydrogen-bond donors (Lipinski definition) is 1. The average molecular weight is 401 g/mol. The molecule has 0 aromatic heterocycles. The third kappa shape index (κ3) is 4.93. The van der Waals surface area contributed by atoms with E-state index < -0.39 is 0 Å². The number of amides is 2. The molecule has 0 aliphatic carbocycles. The molecule has 0 atom stereocenters. The van der Waals surface area contributed by atoms with Crippen LogP contribution in [0.3, 0.4) is 0 Å². The number of unbranched alkanes of at least 4 members (excludes halogenated alkanes) is 1. The molecule has 1 aliphatic heterocycles. The molecule has 0 fully saturated rings. The summed E-state index contributed by atoms with van der Waals surface area (Å²) in [5.74, 6) is -0.316. The number of hydrogen-bond acceptors (Lipinski definition) is 3. The van der Waals surface area contributed by atoms with Gasteiger partial charge in [0.1, 0.15) is 6.54 Å². The van der Waals surface area contributed by atoms with Gasteiger partial charge in [-0.15, -0.1) is 0 Å². The lowest BCUT2D eigenvalue weighted by atomic mass is 10.2. The number of anilines is 1. The highest BCUT2D eigenvalue weighted by Crippen LogP contribution is 2.41. The Kier molecular flexibility index (Phi) is 6.58. The molecule has 140 valence electrons. The minimum absolute atomic E-state index is 0.0120. The number of para-hydroxylation sites is 1. The SMILES string of the molecule is CCCCNC(=O)CN1C(=O)/C(=C\c2ccc(Cl)cc2)Sc2ccccc21. The molecule has 1 N–H and O–H groups in total. The van der Waals surface area contributed by atoms with Crippen LogP contribution >= 0.6 is 23.4 Å². The van der Waals surface area contributed by atoms with E-state index in [9.17, 15) is 9.59 Å². The van der Waals surface area contributed by atoms with E-state index >= 15 is 0 Å². The smallest absolute Gasteiger partial charge is 0.265 e. The highest BCUT2D eigenvalue weighted by Gasteiger charge is 2.30. The maximum Gasteiger partial charge on any atom is 0.265 e. The van der Waals surface area contributed by atoms with Crippen molar-refractivity contribution in [1.29, 1.82) is 0 Å². The fourth-order valence-electron chi connectivity index (χ4n) is 2.73. The summed E-state index contributed by atoms with van der Waals surface area (Å²) in [4.78, 5) is 28.4. The van der Waals surface area contributed by atoms with Crippen molar-refractivity contribution in [3.63, 3.8) is 0 Å². The highest BCUT2D eigenvalue weighted by atomic mass is 35.5. The minimum atomic E-state index is -0.167. The van der Waals surface area contributed by atoms with Crippen molar-refractivity contribution in [3.05, 3.63) is 64.0 Å². The Labute approximate surface area is 168 Å². The minimum Gasteiger partial charge on any atom is -0.355 e. The maximum absolute atomic E-state index is 13.1. The maximum atomic E-state index is 13.1. The normalized spacial score (nSPS) is 15.0. The number of nitrogens with one attached hydrogen (secondary N) is 1. The summed E-state index contributed by atoms with van der Waals surface area (Å²) in [6, 6.07) is 15.0. The van der Waals surface area contributed by atoms with Crippen LogP contribution in [-0.2, 0) is 9.59 Å². The number of thioether (sulfide) groups is 1. The second-order valence-corrected chi connectivity index (χ2v) is 7.74. The van der Waals surface area contributed by atoms with Crippen molar-refractivity contribution in [1.82, 2.24) is 5.32 Å². The van der Waals surface area contributed by atoms with E-state index in [1.165, 1.54) is 11.8 Å². The van der Waals surface area contributed by atoms with Crippen molar-refractivity contribution < 1.29 is 9.59 Å². The molecular formula is C21H21ClN2O2S. The quantitative estimate of drug-likeness (QED) is 0.563. The Bertz CT molecular complexity index is 865. The molecule has 2 aromatic carbocycles. The fourth-order valence-corrected chi connectivity index (χ4v) is 3.92. The number of carbonyl (C=O) groups excluding carboxylic acids is 2. The summed E-state index contributed by atoms with van der Waals surface area (Å²) in [6.07, 6.45) is 3.77. The standard InChI is InChI=1S/C21H21ClN2O2S/c1-2-3-12-23-20(25)14-24-17-6-4-5-7-18(17)27-19(21(24)26)13-15-8-10-16(22)11-9-15/h4-11,13H,2-3,12,14H2,1H3,(H,23,25)/b19-13+. The van der Waals surface area contributed by atoms with Gasteiger partial charge in [-0.1, -0.05) is 61.0 Å². The van der Waals surface area contributed by atoms with Crippen LogP contribution in [-0.4, -0.2) is 24.9 Å². The first kappa shape index (κ1) is 19.5. The zero-order valence-electron chi connectivity index (χ0n) is 15.1. The van der Waals surface area contributed by atoms with Gasteiger partial charge < -0.3 is 5.32 Å². The van der Waals surface area contributed by atoms with E-state index in [0.29, 0.717) is 16.5 Å². The van der Waals surface area contributed by atoms with Gasteiger partial charge in [0, 0.05) is 16.5 Å². The van der Waals surface area contributed by atoms with Crippen LogP contribution in [0.1, 0.15) is 25.3 Å². The molecule has 2 aromatic rings. The Morgan fingerprint density at radius 2 is 1.93 bits per heavy atom. The van der Waals surface area contributed by atoms with Crippen LogP contribution in [0, 0.1) is 0 Å². The third-order valence-corrected chi connectivity index (χ3v) is 5.48. The fraction of sp³-hybridized carbons (Fsp3) is 0.238. The lowest BCUT2D eigenvalue weighted by Gasteiger charge is -2.29.